The zero-order valence-electron chi connectivity index (χ0n) is 23.9. The van der Waals surface area contributed by atoms with Gasteiger partial charge in [-0.1, -0.05) is 23.7 Å². The number of hydrogen-bond acceptors (Lipinski definition) is 6. The van der Waals surface area contributed by atoms with E-state index in [9.17, 15) is 4.79 Å². The molecule has 0 spiro atoms. The van der Waals surface area contributed by atoms with Gasteiger partial charge in [-0.3, -0.25) is 9.98 Å². The minimum absolute atomic E-state index is 0.0571. The summed E-state index contributed by atoms with van der Waals surface area (Å²) in [5, 5.41) is 18.5. The number of amidine groups is 1. The Morgan fingerprint density at radius 2 is 2.05 bits per heavy atom. The van der Waals surface area contributed by atoms with Gasteiger partial charge in [-0.05, 0) is 81.0 Å². The molecule has 0 aliphatic carbocycles. The first-order valence-corrected chi connectivity index (χ1v) is 14.8. The van der Waals surface area contributed by atoms with Crippen molar-refractivity contribution >= 4 is 28.5 Å². The van der Waals surface area contributed by atoms with Gasteiger partial charge in [0.15, 0.2) is 5.82 Å². The molecule has 9 nitrogen and oxygen atoms in total. The van der Waals surface area contributed by atoms with E-state index in [1.807, 2.05) is 31.2 Å². The average Bonchev–Trinajstić information content (AvgIpc) is 3.37. The molecular weight excluding hydrogens is 555 g/mol. The predicted molar refractivity (Wildman–Crippen MR) is 167 cm³/mol. The van der Waals surface area contributed by atoms with E-state index < -0.39 is 11.5 Å². The maximum atomic E-state index is 15.1. The summed E-state index contributed by atoms with van der Waals surface area (Å²) < 4.78 is 16.6. The monoisotopic (exact) mass is 592 g/mol. The van der Waals surface area contributed by atoms with Crippen molar-refractivity contribution in [2.75, 3.05) is 19.6 Å². The third kappa shape index (κ3) is 7.07. The lowest BCUT2D eigenvalue weighted by Gasteiger charge is -2.32. The summed E-state index contributed by atoms with van der Waals surface area (Å²) in [5.74, 6) is -0.0432. The van der Waals surface area contributed by atoms with Crippen LogP contribution >= 0.6 is 11.6 Å². The first kappa shape index (κ1) is 29.9. The Morgan fingerprint density at radius 1 is 1.26 bits per heavy atom. The number of nitrogens with two attached hydrogens (primary N) is 1. The predicted octanol–water partition coefficient (Wildman–Crippen LogP) is 4.42. The van der Waals surface area contributed by atoms with Crippen molar-refractivity contribution in [3.05, 3.63) is 81.1 Å². The summed E-state index contributed by atoms with van der Waals surface area (Å²) in [6, 6.07) is 13.6. The van der Waals surface area contributed by atoms with Gasteiger partial charge in [0.1, 0.15) is 5.65 Å². The Kier molecular flexibility index (Phi) is 9.37. The molecule has 3 atom stereocenters. The van der Waals surface area contributed by atoms with E-state index in [2.05, 4.69) is 25.9 Å². The Hall–Kier alpha value is -3.57. The maximum absolute atomic E-state index is 15.1. The van der Waals surface area contributed by atoms with E-state index in [1.165, 1.54) is 4.57 Å². The summed E-state index contributed by atoms with van der Waals surface area (Å²) in [6.07, 6.45) is 5.11. The molecule has 42 heavy (non-hydrogen) atoms. The molecule has 0 amide bonds. The van der Waals surface area contributed by atoms with Crippen molar-refractivity contribution in [1.29, 1.82) is 5.41 Å². The number of piperazine rings is 1. The Morgan fingerprint density at radius 3 is 2.79 bits per heavy atom. The van der Waals surface area contributed by atoms with Crippen molar-refractivity contribution in [2.45, 2.75) is 57.7 Å². The van der Waals surface area contributed by atoms with Crippen molar-refractivity contribution in [3.63, 3.8) is 0 Å². The lowest BCUT2D eigenvalue weighted by Crippen LogP contribution is -2.51. The Balaban J connectivity index is 1.35. The molecule has 1 aliphatic rings. The van der Waals surface area contributed by atoms with Crippen LogP contribution in [-0.2, 0) is 6.42 Å². The van der Waals surface area contributed by atoms with E-state index in [-0.39, 0.29) is 17.1 Å². The standard InChI is InChI=1S/C31H38ClFN8O/c1-18(34)4-3-5-20-12-25(29(33)26(32)13-20)27-14-22-17-41(31(42)40-30(22)39-27)24-8-6-21(7-9-24)28-16-36-15-23(38-28)10-11-37-19(2)35/h6-9,12-14,17-18,23,28,36,38H,3-5,10-11,15-16,34H2,1-2H3,(H2,35,37)(H,39,40,42)/t18-,23-,28-/m0/s1. The highest BCUT2D eigenvalue weighted by Crippen LogP contribution is 2.31. The zero-order valence-corrected chi connectivity index (χ0v) is 24.7. The quantitative estimate of drug-likeness (QED) is 0.119. The van der Waals surface area contributed by atoms with Crippen LogP contribution in [0.4, 0.5) is 4.39 Å². The molecular formula is C31H38ClFN8O. The number of H-pyrrole nitrogens is 1. The number of rotatable bonds is 10. The maximum Gasteiger partial charge on any atom is 0.354 e. The molecule has 2 aromatic carbocycles. The van der Waals surface area contributed by atoms with Crippen LogP contribution in [0.5, 0.6) is 0 Å². The van der Waals surface area contributed by atoms with Crippen molar-refractivity contribution < 1.29 is 4.39 Å². The van der Waals surface area contributed by atoms with Crippen LogP contribution in [-0.4, -0.2) is 52.1 Å². The molecule has 7 N–H and O–H groups in total. The van der Waals surface area contributed by atoms with Crippen LogP contribution in [0.3, 0.4) is 0 Å². The summed E-state index contributed by atoms with van der Waals surface area (Å²) in [4.78, 5) is 20.3. The van der Waals surface area contributed by atoms with Crippen LogP contribution in [0, 0.1) is 11.2 Å². The number of halogens is 2. The van der Waals surface area contributed by atoms with E-state index >= 15 is 4.39 Å². The number of fused-ring (bicyclic) bond motifs is 1. The molecule has 1 fully saturated rings. The molecule has 0 radical (unpaired) electrons. The van der Waals surface area contributed by atoms with Gasteiger partial charge in [0.2, 0.25) is 0 Å². The Labute approximate surface area is 249 Å². The smallest absolute Gasteiger partial charge is 0.354 e. The number of hydrogen-bond donors (Lipinski definition) is 6. The average molecular weight is 593 g/mol. The number of aryl methyl sites for hydroxylation is 1. The summed E-state index contributed by atoms with van der Waals surface area (Å²) in [7, 11) is 0. The molecule has 3 heterocycles. The van der Waals surface area contributed by atoms with Gasteiger partial charge < -0.3 is 26.7 Å². The second-order valence-corrected chi connectivity index (χ2v) is 11.6. The first-order chi connectivity index (χ1) is 20.2. The summed E-state index contributed by atoms with van der Waals surface area (Å²) in [6.45, 7) is 6.14. The van der Waals surface area contributed by atoms with Gasteiger partial charge in [-0.25, -0.2) is 9.18 Å². The van der Waals surface area contributed by atoms with Crippen LogP contribution in [0.2, 0.25) is 5.02 Å². The van der Waals surface area contributed by atoms with Gasteiger partial charge in [0.05, 0.1) is 22.2 Å². The van der Waals surface area contributed by atoms with Crippen LogP contribution in [0.1, 0.15) is 50.3 Å². The highest BCUT2D eigenvalue weighted by Gasteiger charge is 2.22. The second kappa shape index (κ2) is 13.2. The molecule has 0 bridgehead atoms. The molecule has 0 saturated carbocycles. The summed E-state index contributed by atoms with van der Waals surface area (Å²) in [5.41, 5.74) is 9.41. The third-order valence-corrected chi connectivity index (χ3v) is 7.92. The molecule has 4 aromatic rings. The van der Waals surface area contributed by atoms with E-state index in [0.717, 1.165) is 56.4 Å². The highest BCUT2D eigenvalue weighted by atomic mass is 35.5. The molecule has 2 aromatic heterocycles. The van der Waals surface area contributed by atoms with Gasteiger partial charge in [0, 0.05) is 54.9 Å². The molecule has 1 saturated heterocycles. The second-order valence-electron chi connectivity index (χ2n) is 11.2. The van der Waals surface area contributed by atoms with Crippen LogP contribution < -0.4 is 27.4 Å². The number of nitrogens with zero attached hydrogens (tertiary/aromatic N) is 2. The minimum Gasteiger partial charge on any atom is -0.374 e. The van der Waals surface area contributed by atoms with Crippen molar-refractivity contribution in [2.24, 2.45) is 5.73 Å². The number of aromatic nitrogens is 3. The molecule has 5 rings (SSSR count). The van der Waals surface area contributed by atoms with Gasteiger partial charge >= 0.3 is 5.69 Å². The first-order valence-electron chi connectivity index (χ1n) is 14.4. The van der Waals surface area contributed by atoms with Gasteiger partial charge in [-0.2, -0.15) is 4.98 Å². The zero-order chi connectivity index (χ0) is 29.8. The topological polar surface area (TPSA) is 137 Å². The minimum atomic E-state index is -0.515. The Bertz CT molecular complexity index is 1610. The number of nitrogens with one attached hydrogen (secondary N) is 5. The lowest BCUT2D eigenvalue weighted by atomic mass is 10.0. The van der Waals surface area contributed by atoms with Crippen LogP contribution in [0.25, 0.3) is 28.0 Å². The molecule has 11 heteroatoms. The fraction of sp³-hybridized carbons (Fsp3) is 0.387. The fourth-order valence-corrected chi connectivity index (χ4v) is 5.68. The van der Waals surface area contributed by atoms with E-state index in [0.29, 0.717) is 39.9 Å². The highest BCUT2D eigenvalue weighted by molar-refractivity contribution is 6.31. The van der Waals surface area contributed by atoms with Crippen LogP contribution in [0.15, 0.2) is 53.5 Å². The summed E-state index contributed by atoms with van der Waals surface area (Å²) >= 11 is 6.25. The number of aromatic amines is 1. The van der Waals surface area contributed by atoms with Crippen molar-refractivity contribution in [3.8, 4) is 16.9 Å². The third-order valence-electron chi connectivity index (χ3n) is 7.64. The van der Waals surface area contributed by atoms with Gasteiger partial charge in [0.25, 0.3) is 0 Å². The lowest BCUT2D eigenvalue weighted by molar-refractivity contribution is 0.330. The van der Waals surface area contributed by atoms with Crippen molar-refractivity contribution in [1.82, 2.24) is 30.5 Å². The van der Waals surface area contributed by atoms with E-state index in [4.69, 9.17) is 22.7 Å². The van der Waals surface area contributed by atoms with Gasteiger partial charge in [-0.15, -0.1) is 0 Å². The molecule has 1 aliphatic heterocycles. The largest absolute Gasteiger partial charge is 0.374 e. The number of benzene rings is 2. The SMILES string of the molecule is CC(=N)NCC[C@H]1CNC[C@@H](c2ccc(-n3cc4cc(-c5cc(CCC[C@H](C)N)cc(Cl)c5F)[nH]c4nc3=O)cc2)N1. The normalized spacial score (nSPS) is 17.8. The molecule has 222 valence electrons. The molecule has 0 unspecified atom stereocenters. The van der Waals surface area contributed by atoms with E-state index in [1.54, 1.807) is 31.3 Å². The fourth-order valence-electron chi connectivity index (χ4n) is 5.44.